The van der Waals surface area contributed by atoms with Crippen LogP contribution in [0.15, 0.2) is 0 Å². The first-order valence-electron chi connectivity index (χ1n) is 7.15. The van der Waals surface area contributed by atoms with Gasteiger partial charge in [0.2, 0.25) is 0 Å². The van der Waals surface area contributed by atoms with Crippen molar-refractivity contribution in [3.63, 3.8) is 0 Å². The fourth-order valence-corrected chi connectivity index (χ4v) is 2.71. The first-order valence-corrected chi connectivity index (χ1v) is 7.15. The molecule has 0 amide bonds. The normalized spacial score (nSPS) is 32.8. The van der Waals surface area contributed by atoms with E-state index in [1.165, 1.54) is 32.1 Å². The summed E-state index contributed by atoms with van der Waals surface area (Å²) in [6, 6.07) is 0. The van der Waals surface area contributed by atoms with Crippen LogP contribution >= 0.6 is 0 Å². The van der Waals surface area contributed by atoms with Crippen molar-refractivity contribution in [1.82, 2.24) is 0 Å². The molecule has 0 aliphatic heterocycles. The van der Waals surface area contributed by atoms with Gasteiger partial charge in [0.05, 0.1) is 0 Å². The van der Waals surface area contributed by atoms with Crippen molar-refractivity contribution in [3.05, 3.63) is 0 Å². The standard InChI is InChI=1S/C13H26.C2H6/c1-5-10(2)9-13-8-6-7-11(3)12(13)4;1-2/h10-13H,5-9H2,1-4H3;1-2H3. The average molecular weight is 212 g/mol. The lowest BCUT2D eigenvalue weighted by Crippen LogP contribution is -2.25. The van der Waals surface area contributed by atoms with E-state index in [4.69, 9.17) is 0 Å². The van der Waals surface area contributed by atoms with Crippen molar-refractivity contribution in [2.75, 3.05) is 0 Å². The molecule has 1 rings (SSSR count). The zero-order valence-electron chi connectivity index (χ0n) is 11.8. The fourth-order valence-electron chi connectivity index (χ4n) is 2.71. The Morgan fingerprint density at radius 2 is 1.73 bits per heavy atom. The molecule has 0 saturated heterocycles. The lowest BCUT2D eigenvalue weighted by atomic mass is 9.71. The summed E-state index contributed by atoms with van der Waals surface area (Å²) in [5, 5.41) is 0. The molecule has 1 fully saturated rings. The van der Waals surface area contributed by atoms with Gasteiger partial charge in [-0.2, -0.15) is 0 Å². The van der Waals surface area contributed by atoms with Crippen molar-refractivity contribution in [1.29, 1.82) is 0 Å². The van der Waals surface area contributed by atoms with E-state index >= 15 is 0 Å². The first kappa shape index (κ1) is 15.0. The molecule has 0 N–H and O–H groups in total. The molecule has 0 aromatic rings. The zero-order chi connectivity index (χ0) is 11.8. The summed E-state index contributed by atoms with van der Waals surface area (Å²) in [6.07, 6.45) is 7.28. The maximum absolute atomic E-state index is 2.47. The van der Waals surface area contributed by atoms with Crippen molar-refractivity contribution in [2.24, 2.45) is 23.7 Å². The van der Waals surface area contributed by atoms with E-state index in [0.29, 0.717) is 0 Å². The zero-order valence-corrected chi connectivity index (χ0v) is 11.8. The maximum atomic E-state index is 2.47. The lowest BCUT2D eigenvalue weighted by molar-refractivity contribution is 0.155. The van der Waals surface area contributed by atoms with Gasteiger partial charge in [0.25, 0.3) is 0 Å². The van der Waals surface area contributed by atoms with Crippen molar-refractivity contribution >= 4 is 0 Å². The van der Waals surface area contributed by atoms with Crippen LogP contribution in [-0.2, 0) is 0 Å². The highest BCUT2D eigenvalue weighted by atomic mass is 14.3. The van der Waals surface area contributed by atoms with Crippen LogP contribution in [0.2, 0.25) is 0 Å². The maximum Gasteiger partial charge on any atom is -0.0383 e. The third-order valence-electron chi connectivity index (χ3n) is 4.28. The quantitative estimate of drug-likeness (QED) is 0.577. The van der Waals surface area contributed by atoms with Gasteiger partial charge in [-0.3, -0.25) is 0 Å². The van der Waals surface area contributed by atoms with Crippen LogP contribution < -0.4 is 0 Å². The molecule has 1 saturated carbocycles. The molecule has 0 bridgehead atoms. The van der Waals surface area contributed by atoms with Gasteiger partial charge < -0.3 is 0 Å². The average Bonchev–Trinajstić information content (AvgIpc) is 2.27. The Balaban J connectivity index is 0.000000921. The summed E-state index contributed by atoms with van der Waals surface area (Å²) in [7, 11) is 0. The van der Waals surface area contributed by atoms with Crippen LogP contribution in [0.25, 0.3) is 0 Å². The fraction of sp³-hybridized carbons (Fsp3) is 1.00. The smallest absolute Gasteiger partial charge is 0.0383 e. The van der Waals surface area contributed by atoms with Gasteiger partial charge in [0.15, 0.2) is 0 Å². The molecule has 0 heteroatoms. The van der Waals surface area contributed by atoms with Gasteiger partial charge in [-0.25, -0.2) is 0 Å². The summed E-state index contributed by atoms with van der Waals surface area (Å²) < 4.78 is 0. The summed E-state index contributed by atoms with van der Waals surface area (Å²) in [5.74, 6) is 3.92. The predicted molar refractivity (Wildman–Crippen MR) is 71.1 cm³/mol. The van der Waals surface area contributed by atoms with Gasteiger partial charge in [-0.05, 0) is 30.1 Å². The Hall–Kier alpha value is 0. The summed E-state index contributed by atoms with van der Waals surface area (Å²) in [6.45, 7) is 13.6. The summed E-state index contributed by atoms with van der Waals surface area (Å²) in [4.78, 5) is 0. The van der Waals surface area contributed by atoms with E-state index in [0.717, 1.165) is 23.7 Å². The van der Waals surface area contributed by atoms with Crippen LogP contribution in [0, 0.1) is 23.7 Å². The Labute approximate surface area is 97.8 Å². The molecule has 0 spiro atoms. The second kappa shape index (κ2) is 8.19. The van der Waals surface area contributed by atoms with Crippen LogP contribution in [-0.4, -0.2) is 0 Å². The SMILES string of the molecule is CC.CCC(C)CC1CCCC(C)C1C. The van der Waals surface area contributed by atoms with Crippen molar-refractivity contribution < 1.29 is 0 Å². The minimum Gasteiger partial charge on any atom is -0.0683 e. The topological polar surface area (TPSA) is 0 Å². The first-order chi connectivity index (χ1) is 7.15. The molecule has 0 radical (unpaired) electrons. The Kier molecular flexibility index (Phi) is 8.19. The molecule has 0 nitrogen and oxygen atoms in total. The molecule has 0 aromatic carbocycles. The van der Waals surface area contributed by atoms with E-state index in [1.807, 2.05) is 13.8 Å². The van der Waals surface area contributed by atoms with Crippen molar-refractivity contribution in [2.45, 2.75) is 73.6 Å². The highest BCUT2D eigenvalue weighted by molar-refractivity contribution is 4.78. The second-order valence-corrected chi connectivity index (χ2v) is 5.28. The molecule has 15 heavy (non-hydrogen) atoms. The van der Waals surface area contributed by atoms with Gasteiger partial charge in [0.1, 0.15) is 0 Å². The Morgan fingerprint density at radius 3 is 2.27 bits per heavy atom. The van der Waals surface area contributed by atoms with E-state index in [-0.39, 0.29) is 0 Å². The molecule has 1 aliphatic carbocycles. The highest BCUT2D eigenvalue weighted by Crippen LogP contribution is 2.38. The van der Waals surface area contributed by atoms with Crippen LogP contribution in [0.1, 0.15) is 73.6 Å². The van der Waals surface area contributed by atoms with Gasteiger partial charge in [0, 0.05) is 0 Å². The molecule has 1 aliphatic rings. The second-order valence-electron chi connectivity index (χ2n) is 5.28. The van der Waals surface area contributed by atoms with Gasteiger partial charge in [-0.15, -0.1) is 0 Å². The molecule has 4 unspecified atom stereocenters. The predicted octanol–water partition coefficient (Wildman–Crippen LogP) is 5.52. The van der Waals surface area contributed by atoms with E-state index in [9.17, 15) is 0 Å². The summed E-state index contributed by atoms with van der Waals surface area (Å²) in [5.41, 5.74) is 0. The highest BCUT2D eigenvalue weighted by Gasteiger charge is 2.27. The van der Waals surface area contributed by atoms with Crippen LogP contribution in [0.5, 0.6) is 0 Å². The Morgan fingerprint density at radius 1 is 1.13 bits per heavy atom. The third kappa shape index (κ3) is 5.04. The van der Waals surface area contributed by atoms with Crippen LogP contribution in [0.4, 0.5) is 0 Å². The largest absolute Gasteiger partial charge is 0.0683 e. The molecular weight excluding hydrogens is 180 g/mol. The molecule has 4 atom stereocenters. The van der Waals surface area contributed by atoms with Crippen LogP contribution in [0.3, 0.4) is 0 Å². The molecule has 0 aromatic heterocycles. The molecule has 92 valence electrons. The van der Waals surface area contributed by atoms with E-state index in [1.54, 1.807) is 0 Å². The van der Waals surface area contributed by atoms with E-state index < -0.39 is 0 Å². The number of hydrogen-bond acceptors (Lipinski definition) is 0. The lowest BCUT2D eigenvalue weighted by Gasteiger charge is -2.35. The number of hydrogen-bond donors (Lipinski definition) is 0. The molecular formula is C15H32. The van der Waals surface area contributed by atoms with E-state index in [2.05, 4.69) is 27.7 Å². The summed E-state index contributed by atoms with van der Waals surface area (Å²) >= 11 is 0. The van der Waals surface area contributed by atoms with Crippen molar-refractivity contribution in [3.8, 4) is 0 Å². The van der Waals surface area contributed by atoms with Gasteiger partial charge in [-0.1, -0.05) is 67.2 Å². The molecule has 0 heterocycles. The minimum atomic E-state index is 0.942. The number of rotatable bonds is 3. The van der Waals surface area contributed by atoms with Gasteiger partial charge >= 0.3 is 0 Å². The third-order valence-corrected chi connectivity index (χ3v) is 4.28. The monoisotopic (exact) mass is 212 g/mol. The Bertz CT molecular complexity index is 139. The minimum absolute atomic E-state index is 0.942.